The number of H-pyrrole nitrogens is 1. The number of nitrogens with zero attached hydrogens (tertiary/aromatic N) is 3. The highest BCUT2D eigenvalue weighted by molar-refractivity contribution is 7.17. The van der Waals surface area contributed by atoms with Crippen molar-refractivity contribution in [3.63, 3.8) is 0 Å². The molecule has 10 heteroatoms. The molecule has 0 aliphatic heterocycles. The first-order valence-electron chi connectivity index (χ1n) is 11.7. The Morgan fingerprint density at radius 3 is 2.80 bits per heavy atom. The number of thiazole rings is 1. The number of nitrogens with one attached hydrogen (secondary N) is 4. The Kier molecular flexibility index (Phi) is 8.04. The number of benzene rings is 1. The molecule has 0 bridgehead atoms. The number of rotatable bonds is 8. The third-order valence-corrected chi connectivity index (χ3v) is 6.76. The summed E-state index contributed by atoms with van der Waals surface area (Å²) in [6.45, 7) is 4.56. The van der Waals surface area contributed by atoms with Crippen LogP contribution in [0.4, 0.5) is 16.6 Å². The minimum Gasteiger partial charge on any atom is -0.359 e. The molecule has 35 heavy (non-hydrogen) atoms. The zero-order valence-electron chi connectivity index (χ0n) is 19.8. The van der Waals surface area contributed by atoms with E-state index in [4.69, 9.17) is 4.98 Å². The molecule has 1 saturated carbocycles. The molecule has 0 atom stereocenters. The highest BCUT2D eigenvalue weighted by atomic mass is 32.1. The van der Waals surface area contributed by atoms with Crippen molar-refractivity contribution in [1.82, 2.24) is 25.5 Å². The van der Waals surface area contributed by atoms with Gasteiger partial charge in [0.2, 0.25) is 6.41 Å². The van der Waals surface area contributed by atoms with E-state index in [0.717, 1.165) is 52.5 Å². The Morgan fingerprint density at radius 2 is 2.09 bits per heavy atom. The van der Waals surface area contributed by atoms with Gasteiger partial charge >= 0.3 is 0 Å². The van der Waals surface area contributed by atoms with E-state index in [1.54, 1.807) is 12.4 Å². The number of hydrogen-bond acceptors (Lipinski definition) is 7. The smallest absolute Gasteiger partial charge is 0.267 e. The molecule has 182 valence electrons. The van der Waals surface area contributed by atoms with Crippen LogP contribution in [-0.2, 0) is 11.2 Å². The van der Waals surface area contributed by atoms with Crippen molar-refractivity contribution in [3.05, 3.63) is 58.9 Å². The standard InChI is InChI=1S/C22H22N6OS.C3H7NO/c1-13-8-9-17-16(11-24-28-17)20(13)27-21(29)18-12-23-22(30-18)26-19-7-3-6-15(25-19)10-14-4-2-5-14;1-2-4-3-5/h3,6-9,11-12,14H,2,4-5,10H2,1H3,(H,24,28)(H,27,29)(H,23,25,26);3H,2H2,1H3,(H,4,5). The van der Waals surface area contributed by atoms with Crippen molar-refractivity contribution in [1.29, 1.82) is 0 Å². The van der Waals surface area contributed by atoms with Crippen molar-refractivity contribution >= 4 is 51.2 Å². The van der Waals surface area contributed by atoms with Crippen molar-refractivity contribution < 1.29 is 9.59 Å². The van der Waals surface area contributed by atoms with E-state index in [9.17, 15) is 9.59 Å². The number of anilines is 3. The predicted molar refractivity (Wildman–Crippen MR) is 139 cm³/mol. The Bertz CT molecular complexity index is 1300. The van der Waals surface area contributed by atoms with Crippen LogP contribution in [0.5, 0.6) is 0 Å². The molecular weight excluding hydrogens is 462 g/mol. The molecule has 5 rings (SSSR count). The summed E-state index contributed by atoms with van der Waals surface area (Å²) in [5.41, 5.74) is 3.73. The molecule has 1 aliphatic rings. The third kappa shape index (κ3) is 6.21. The molecule has 3 heterocycles. The molecule has 0 radical (unpaired) electrons. The lowest BCUT2D eigenvalue weighted by Crippen LogP contribution is -2.14. The predicted octanol–water partition coefficient (Wildman–Crippen LogP) is 4.81. The fourth-order valence-electron chi connectivity index (χ4n) is 3.75. The van der Waals surface area contributed by atoms with Gasteiger partial charge in [-0.2, -0.15) is 5.10 Å². The van der Waals surface area contributed by atoms with E-state index in [1.165, 1.54) is 30.6 Å². The van der Waals surface area contributed by atoms with E-state index in [-0.39, 0.29) is 5.91 Å². The zero-order chi connectivity index (χ0) is 24.6. The normalized spacial score (nSPS) is 12.9. The third-order valence-electron chi connectivity index (χ3n) is 5.85. The molecule has 0 saturated heterocycles. The maximum atomic E-state index is 12.8. The van der Waals surface area contributed by atoms with Crippen molar-refractivity contribution in [2.75, 3.05) is 17.2 Å². The van der Waals surface area contributed by atoms with Crippen LogP contribution in [0.25, 0.3) is 10.9 Å². The number of aromatic amines is 1. The van der Waals surface area contributed by atoms with Crippen LogP contribution in [-0.4, -0.2) is 39.0 Å². The Morgan fingerprint density at radius 1 is 1.23 bits per heavy atom. The van der Waals surface area contributed by atoms with Crippen LogP contribution < -0.4 is 16.0 Å². The molecule has 4 aromatic rings. The molecule has 4 N–H and O–H groups in total. The van der Waals surface area contributed by atoms with Crippen LogP contribution in [0.2, 0.25) is 0 Å². The van der Waals surface area contributed by atoms with Gasteiger partial charge < -0.3 is 16.0 Å². The van der Waals surface area contributed by atoms with Gasteiger partial charge in [0.05, 0.1) is 23.6 Å². The lowest BCUT2D eigenvalue weighted by atomic mass is 9.82. The fourth-order valence-corrected chi connectivity index (χ4v) is 4.47. The molecule has 1 fully saturated rings. The Hall–Kier alpha value is -3.79. The first-order chi connectivity index (χ1) is 17.1. The molecule has 0 unspecified atom stereocenters. The topological polar surface area (TPSA) is 125 Å². The average molecular weight is 492 g/mol. The van der Waals surface area contributed by atoms with Gasteiger partial charge in [0.25, 0.3) is 5.91 Å². The minimum atomic E-state index is -0.191. The SMILES string of the molecule is CCNC=O.Cc1ccc2[nH]ncc2c1NC(=O)c1cnc(Nc2cccc(CC3CCC3)n2)s1. The molecule has 0 spiro atoms. The number of carbonyl (C=O) groups is 2. The van der Waals surface area contributed by atoms with E-state index >= 15 is 0 Å². The number of amides is 2. The van der Waals surface area contributed by atoms with Gasteiger partial charge in [0.1, 0.15) is 10.7 Å². The number of pyridine rings is 1. The summed E-state index contributed by atoms with van der Waals surface area (Å²) in [5, 5.41) is 17.2. The lowest BCUT2D eigenvalue weighted by molar-refractivity contribution is -0.109. The number of aryl methyl sites for hydroxylation is 1. The number of aromatic nitrogens is 4. The second kappa shape index (κ2) is 11.6. The van der Waals surface area contributed by atoms with Crippen LogP contribution in [0.3, 0.4) is 0 Å². The number of hydrogen-bond donors (Lipinski definition) is 4. The minimum absolute atomic E-state index is 0.191. The average Bonchev–Trinajstić information content (AvgIpc) is 3.49. The molecule has 3 aromatic heterocycles. The highest BCUT2D eigenvalue weighted by Gasteiger charge is 2.19. The fraction of sp³-hybridized carbons (Fsp3) is 0.320. The quantitative estimate of drug-likeness (QED) is 0.262. The summed E-state index contributed by atoms with van der Waals surface area (Å²) in [5.74, 6) is 1.34. The summed E-state index contributed by atoms with van der Waals surface area (Å²) in [6, 6.07) is 9.92. The second-order valence-corrected chi connectivity index (χ2v) is 9.42. The second-order valence-electron chi connectivity index (χ2n) is 8.39. The van der Waals surface area contributed by atoms with Crippen molar-refractivity contribution in [2.24, 2.45) is 5.92 Å². The Balaban J connectivity index is 0.000000527. The maximum absolute atomic E-state index is 12.8. The number of carbonyl (C=O) groups excluding carboxylic acids is 2. The summed E-state index contributed by atoms with van der Waals surface area (Å²) < 4.78 is 0. The van der Waals surface area contributed by atoms with E-state index < -0.39 is 0 Å². The first-order valence-corrected chi connectivity index (χ1v) is 12.5. The molecule has 9 nitrogen and oxygen atoms in total. The summed E-state index contributed by atoms with van der Waals surface area (Å²) in [7, 11) is 0. The summed E-state index contributed by atoms with van der Waals surface area (Å²) in [4.78, 5) is 31.7. The van der Waals surface area contributed by atoms with Crippen LogP contribution in [0.15, 0.2) is 42.7 Å². The van der Waals surface area contributed by atoms with Crippen molar-refractivity contribution in [3.8, 4) is 0 Å². The van der Waals surface area contributed by atoms with E-state index in [0.29, 0.717) is 16.4 Å². The largest absolute Gasteiger partial charge is 0.359 e. The van der Waals surface area contributed by atoms with Crippen LogP contribution in [0, 0.1) is 12.8 Å². The van der Waals surface area contributed by atoms with Gasteiger partial charge in [-0.15, -0.1) is 0 Å². The van der Waals surface area contributed by atoms with Gasteiger partial charge in [-0.3, -0.25) is 14.7 Å². The van der Waals surface area contributed by atoms with E-state index in [2.05, 4.69) is 37.2 Å². The molecule has 1 aliphatic carbocycles. The van der Waals surface area contributed by atoms with Gasteiger partial charge in [-0.1, -0.05) is 42.7 Å². The van der Waals surface area contributed by atoms with Crippen molar-refractivity contribution in [2.45, 2.75) is 39.5 Å². The first kappa shape index (κ1) is 24.3. The van der Waals surface area contributed by atoms with Gasteiger partial charge in [-0.05, 0) is 49.9 Å². The van der Waals surface area contributed by atoms with Crippen LogP contribution >= 0.6 is 11.3 Å². The van der Waals surface area contributed by atoms with Crippen LogP contribution in [0.1, 0.15) is 47.1 Å². The van der Waals surface area contributed by atoms with Gasteiger partial charge in [0.15, 0.2) is 5.13 Å². The van der Waals surface area contributed by atoms with E-state index in [1.807, 2.05) is 38.1 Å². The lowest BCUT2D eigenvalue weighted by Gasteiger charge is -2.24. The van der Waals surface area contributed by atoms with Gasteiger partial charge in [-0.25, -0.2) is 9.97 Å². The maximum Gasteiger partial charge on any atom is 0.267 e. The number of fused-ring (bicyclic) bond motifs is 1. The zero-order valence-corrected chi connectivity index (χ0v) is 20.6. The molecule has 2 amide bonds. The molecular formula is C25H29N7O2S. The molecule has 1 aromatic carbocycles. The Labute approximate surface area is 207 Å². The summed E-state index contributed by atoms with van der Waals surface area (Å²) in [6.07, 6.45) is 8.96. The highest BCUT2D eigenvalue weighted by Crippen LogP contribution is 2.30. The van der Waals surface area contributed by atoms with Gasteiger partial charge in [0, 0.05) is 17.6 Å². The summed E-state index contributed by atoms with van der Waals surface area (Å²) >= 11 is 1.31. The monoisotopic (exact) mass is 491 g/mol.